The maximum Gasteiger partial charge on any atom is 0.167 e. The Balaban J connectivity index is 2.83. The van der Waals surface area contributed by atoms with Gasteiger partial charge in [-0.05, 0) is 19.8 Å². The van der Waals surface area contributed by atoms with E-state index < -0.39 is 5.78 Å². The molecule has 4 nitrogen and oxygen atoms in total. The fourth-order valence-electron chi connectivity index (χ4n) is 2.18. The Bertz CT molecular complexity index is 452. The predicted molar refractivity (Wildman–Crippen MR) is 73.9 cm³/mol. The highest BCUT2D eigenvalue weighted by Crippen LogP contribution is 2.38. The fourth-order valence-corrected chi connectivity index (χ4v) is 2.18. The topological polar surface area (TPSA) is 77.8 Å². The van der Waals surface area contributed by atoms with Gasteiger partial charge in [0.2, 0.25) is 0 Å². The summed E-state index contributed by atoms with van der Waals surface area (Å²) in [5.74, 6) is -1.24. The highest BCUT2D eigenvalue weighted by atomic mass is 16.3. The van der Waals surface area contributed by atoms with Gasteiger partial charge in [-0.1, -0.05) is 32.6 Å². The van der Waals surface area contributed by atoms with Crippen molar-refractivity contribution >= 4 is 5.78 Å². The summed E-state index contributed by atoms with van der Waals surface area (Å²) in [5.41, 5.74) is 0.237. The fraction of sp³-hybridized carbons (Fsp3) is 0.533. The predicted octanol–water partition coefficient (Wildman–Crippen LogP) is 3.52. The van der Waals surface area contributed by atoms with Gasteiger partial charge in [-0.15, -0.1) is 0 Å². The summed E-state index contributed by atoms with van der Waals surface area (Å²) in [6.07, 6.45) is 5.81. The number of carbonyl (C=O) groups is 1. The highest BCUT2D eigenvalue weighted by molar-refractivity contribution is 6.00. The second kappa shape index (κ2) is 7.02. The van der Waals surface area contributed by atoms with Crippen LogP contribution >= 0.6 is 0 Å². The van der Waals surface area contributed by atoms with Gasteiger partial charge >= 0.3 is 0 Å². The molecule has 0 aromatic heterocycles. The Labute approximate surface area is 113 Å². The molecule has 0 aliphatic carbocycles. The second-order valence-corrected chi connectivity index (χ2v) is 4.84. The van der Waals surface area contributed by atoms with Crippen LogP contribution < -0.4 is 0 Å². The zero-order valence-corrected chi connectivity index (χ0v) is 11.6. The molecular weight excluding hydrogens is 244 g/mol. The number of Topliss-reactive ketones (excluding diaryl/α,β-unsaturated/α-hetero) is 1. The molecule has 0 atom stereocenters. The van der Waals surface area contributed by atoms with Gasteiger partial charge in [-0.3, -0.25) is 4.79 Å². The van der Waals surface area contributed by atoms with Crippen LogP contribution in [0.25, 0.3) is 0 Å². The second-order valence-electron chi connectivity index (χ2n) is 4.84. The molecular formula is C15H22O4. The molecule has 0 saturated heterocycles. The normalized spacial score (nSPS) is 10.6. The molecule has 4 heteroatoms. The van der Waals surface area contributed by atoms with Crippen LogP contribution in [0.2, 0.25) is 0 Å². The van der Waals surface area contributed by atoms with Crippen LogP contribution in [0.15, 0.2) is 6.07 Å². The van der Waals surface area contributed by atoms with Crippen molar-refractivity contribution in [2.24, 2.45) is 0 Å². The van der Waals surface area contributed by atoms with Crippen LogP contribution in [-0.2, 0) is 6.42 Å². The van der Waals surface area contributed by atoms with Crippen molar-refractivity contribution in [3.05, 3.63) is 17.2 Å². The number of hydrogen-bond acceptors (Lipinski definition) is 4. The SMILES string of the molecule is CCCCCCCc1c(O)cc(O)c(C(C)=O)c1O. The third-order valence-electron chi connectivity index (χ3n) is 3.24. The van der Waals surface area contributed by atoms with Crippen molar-refractivity contribution in [1.29, 1.82) is 0 Å². The zero-order chi connectivity index (χ0) is 14.4. The van der Waals surface area contributed by atoms with Gasteiger partial charge in [-0.2, -0.15) is 0 Å². The number of phenolic OH excluding ortho intramolecular Hbond substituents is 3. The Morgan fingerprint density at radius 3 is 2.26 bits per heavy atom. The van der Waals surface area contributed by atoms with E-state index in [1.54, 1.807) is 0 Å². The molecule has 0 aliphatic rings. The van der Waals surface area contributed by atoms with Gasteiger partial charge in [0.1, 0.15) is 22.8 Å². The molecule has 0 bridgehead atoms. The first kappa shape index (κ1) is 15.3. The van der Waals surface area contributed by atoms with Crippen LogP contribution in [0.4, 0.5) is 0 Å². The number of benzene rings is 1. The summed E-state index contributed by atoms with van der Waals surface area (Å²) in [6, 6.07) is 1.12. The molecule has 1 rings (SSSR count). The van der Waals surface area contributed by atoms with Gasteiger partial charge in [0, 0.05) is 11.6 Å². The lowest BCUT2D eigenvalue weighted by molar-refractivity contribution is 0.101. The summed E-state index contributed by atoms with van der Waals surface area (Å²) in [7, 11) is 0. The van der Waals surface area contributed by atoms with E-state index in [4.69, 9.17) is 0 Å². The van der Waals surface area contributed by atoms with E-state index in [-0.39, 0.29) is 22.8 Å². The van der Waals surface area contributed by atoms with Gasteiger partial charge in [0.15, 0.2) is 5.78 Å². The third-order valence-corrected chi connectivity index (χ3v) is 3.24. The molecule has 0 heterocycles. The quantitative estimate of drug-likeness (QED) is 0.521. The van der Waals surface area contributed by atoms with Crippen LogP contribution in [-0.4, -0.2) is 21.1 Å². The number of phenols is 3. The van der Waals surface area contributed by atoms with E-state index in [2.05, 4.69) is 6.92 Å². The van der Waals surface area contributed by atoms with Crippen molar-refractivity contribution < 1.29 is 20.1 Å². The number of hydrogen-bond donors (Lipinski definition) is 3. The maximum atomic E-state index is 11.4. The third kappa shape index (κ3) is 3.88. The van der Waals surface area contributed by atoms with E-state index in [1.165, 1.54) is 13.3 Å². The summed E-state index contributed by atoms with van der Waals surface area (Å²) in [4.78, 5) is 11.4. The summed E-state index contributed by atoms with van der Waals surface area (Å²) in [5, 5.41) is 29.3. The molecule has 0 amide bonds. The maximum absolute atomic E-state index is 11.4. The lowest BCUT2D eigenvalue weighted by atomic mass is 9.98. The average Bonchev–Trinajstić information content (AvgIpc) is 2.31. The standard InChI is InChI=1S/C15H22O4/c1-3-4-5-6-7-8-11-12(17)9-13(18)14(10(2)16)15(11)19/h9,17-19H,3-8H2,1-2H3. The van der Waals surface area contributed by atoms with E-state index in [0.717, 1.165) is 31.7 Å². The molecule has 106 valence electrons. The van der Waals surface area contributed by atoms with Crippen molar-refractivity contribution in [2.45, 2.75) is 52.4 Å². The first-order valence-corrected chi connectivity index (χ1v) is 6.76. The summed E-state index contributed by atoms with van der Waals surface area (Å²) in [6.45, 7) is 3.41. The van der Waals surface area contributed by atoms with Crippen molar-refractivity contribution in [2.75, 3.05) is 0 Å². The molecule has 19 heavy (non-hydrogen) atoms. The lowest BCUT2D eigenvalue weighted by Gasteiger charge is -2.12. The van der Waals surface area contributed by atoms with Crippen molar-refractivity contribution in [3.63, 3.8) is 0 Å². The van der Waals surface area contributed by atoms with Crippen molar-refractivity contribution in [3.8, 4) is 17.2 Å². The molecule has 3 N–H and O–H groups in total. The van der Waals surface area contributed by atoms with Crippen LogP contribution in [0.1, 0.15) is 61.9 Å². The number of unbranched alkanes of at least 4 members (excludes halogenated alkanes) is 4. The summed E-state index contributed by atoms with van der Waals surface area (Å²) >= 11 is 0. The largest absolute Gasteiger partial charge is 0.507 e. The minimum atomic E-state index is -0.415. The molecule has 0 aliphatic heterocycles. The molecule has 1 aromatic rings. The molecule has 1 aromatic carbocycles. The van der Waals surface area contributed by atoms with E-state index in [0.29, 0.717) is 12.0 Å². The van der Waals surface area contributed by atoms with Crippen LogP contribution in [0, 0.1) is 0 Å². The molecule has 0 saturated carbocycles. The number of ketones is 1. The Morgan fingerprint density at radius 1 is 1.05 bits per heavy atom. The Kier molecular flexibility index (Phi) is 5.67. The number of carbonyl (C=O) groups excluding carboxylic acids is 1. The minimum absolute atomic E-state index is 0.110. The smallest absolute Gasteiger partial charge is 0.167 e. The molecule has 0 fully saturated rings. The van der Waals surface area contributed by atoms with E-state index >= 15 is 0 Å². The zero-order valence-electron chi connectivity index (χ0n) is 11.6. The van der Waals surface area contributed by atoms with Crippen LogP contribution in [0.5, 0.6) is 17.2 Å². The van der Waals surface area contributed by atoms with E-state index in [1.807, 2.05) is 0 Å². The van der Waals surface area contributed by atoms with E-state index in [9.17, 15) is 20.1 Å². The number of rotatable bonds is 7. The van der Waals surface area contributed by atoms with Gasteiger partial charge in [0.25, 0.3) is 0 Å². The lowest BCUT2D eigenvalue weighted by Crippen LogP contribution is -1.98. The van der Waals surface area contributed by atoms with Gasteiger partial charge in [-0.25, -0.2) is 0 Å². The minimum Gasteiger partial charge on any atom is -0.507 e. The van der Waals surface area contributed by atoms with Gasteiger partial charge in [0.05, 0.1) is 0 Å². The molecule has 0 unspecified atom stereocenters. The monoisotopic (exact) mass is 266 g/mol. The molecule has 0 spiro atoms. The van der Waals surface area contributed by atoms with Crippen molar-refractivity contribution in [1.82, 2.24) is 0 Å². The number of aromatic hydroxyl groups is 3. The summed E-state index contributed by atoms with van der Waals surface area (Å²) < 4.78 is 0. The Hall–Kier alpha value is -1.71. The average molecular weight is 266 g/mol. The molecule has 0 radical (unpaired) electrons. The first-order chi connectivity index (χ1) is 8.99. The van der Waals surface area contributed by atoms with Gasteiger partial charge < -0.3 is 15.3 Å². The highest BCUT2D eigenvalue weighted by Gasteiger charge is 2.19. The van der Waals surface area contributed by atoms with Crippen LogP contribution in [0.3, 0.4) is 0 Å². The Morgan fingerprint density at radius 2 is 1.68 bits per heavy atom. The first-order valence-electron chi connectivity index (χ1n) is 6.76.